The Labute approximate surface area is 100 Å². The van der Waals surface area contributed by atoms with Crippen LogP contribution < -0.4 is 5.32 Å². The number of carbonyl (C=O) groups excluding carboxylic acids is 1. The van der Waals surface area contributed by atoms with Gasteiger partial charge in [0.15, 0.2) is 5.69 Å². The van der Waals surface area contributed by atoms with E-state index in [1.54, 1.807) is 10.7 Å². The highest BCUT2D eigenvalue weighted by atomic mass is 16.1. The molecule has 1 heterocycles. The van der Waals surface area contributed by atoms with Crippen molar-refractivity contribution >= 4 is 5.91 Å². The van der Waals surface area contributed by atoms with E-state index in [2.05, 4.69) is 10.4 Å². The summed E-state index contributed by atoms with van der Waals surface area (Å²) in [4.78, 5) is 11.7. The summed E-state index contributed by atoms with van der Waals surface area (Å²) in [6, 6.07) is 11.6. The van der Waals surface area contributed by atoms with Crippen molar-refractivity contribution in [2.24, 2.45) is 0 Å². The van der Waals surface area contributed by atoms with Crippen molar-refractivity contribution in [3.8, 4) is 5.69 Å². The van der Waals surface area contributed by atoms with Crippen LogP contribution in [-0.4, -0.2) is 22.2 Å². The van der Waals surface area contributed by atoms with Gasteiger partial charge in [0.05, 0.1) is 5.69 Å². The lowest BCUT2D eigenvalue weighted by Gasteiger charge is -2.02. The number of para-hydroxylation sites is 1. The maximum absolute atomic E-state index is 11.7. The molecule has 2 rings (SSSR count). The highest BCUT2D eigenvalue weighted by molar-refractivity contribution is 5.92. The average Bonchev–Trinajstić information content (AvgIpc) is 2.73. The predicted molar refractivity (Wildman–Crippen MR) is 66.3 cm³/mol. The van der Waals surface area contributed by atoms with Gasteiger partial charge in [-0.2, -0.15) is 5.10 Å². The van der Waals surface area contributed by atoms with Gasteiger partial charge in [-0.05, 0) is 32.0 Å². The number of aromatic nitrogens is 2. The Morgan fingerprint density at radius 3 is 2.71 bits per heavy atom. The van der Waals surface area contributed by atoms with Crippen molar-refractivity contribution < 1.29 is 4.79 Å². The van der Waals surface area contributed by atoms with E-state index in [-0.39, 0.29) is 5.91 Å². The Morgan fingerprint density at radius 2 is 2.06 bits per heavy atom. The maximum atomic E-state index is 11.7. The lowest BCUT2D eigenvalue weighted by atomic mass is 10.3. The van der Waals surface area contributed by atoms with E-state index in [0.717, 1.165) is 11.4 Å². The molecule has 0 aliphatic rings. The molecule has 0 aliphatic heterocycles. The van der Waals surface area contributed by atoms with E-state index in [4.69, 9.17) is 0 Å². The minimum atomic E-state index is -0.134. The molecule has 4 nitrogen and oxygen atoms in total. The highest BCUT2D eigenvalue weighted by Crippen LogP contribution is 2.11. The lowest BCUT2D eigenvalue weighted by molar-refractivity contribution is 0.0950. The van der Waals surface area contributed by atoms with Gasteiger partial charge in [0.25, 0.3) is 5.91 Å². The molecule has 1 aromatic carbocycles. The van der Waals surface area contributed by atoms with E-state index >= 15 is 0 Å². The Hall–Kier alpha value is -2.10. The SMILES string of the molecule is CCNC(=O)c1cc(C)n(-c2ccccc2)n1. The molecule has 0 bridgehead atoms. The fraction of sp³-hybridized carbons (Fsp3) is 0.231. The first kappa shape index (κ1) is 11.4. The lowest BCUT2D eigenvalue weighted by Crippen LogP contribution is -2.23. The van der Waals surface area contributed by atoms with Gasteiger partial charge in [-0.15, -0.1) is 0 Å². The molecule has 4 heteroatoms. The molecule has 0 atom stereocenters. The molecule has 1 amide bonds. The van der Waals surface area contributed by atoms with Crippen LogP contribution in [0, 0.1) is 6.92 Å². The Morgan fingerprint density at radius 1 is 1.35 bits per heavy atom. The van der Waals surface area contributed by atoms with Gasteiger partial charge in [0, 0.05) is 12.2 Å². The molecule has 17 heavy (non-hydrogen) atoms. The zero-order valence-corrected chi connectivity index (χ0v) is 9.97. The second kappa shape index (κ2) is 4.82. The molecule has 0 fully saturated rings. The summed E-state index contributed by atoms with van der Waals surface area (Å²) in [5.41, 5.74) is 2.35. The normalized spacial score (nSPS) is 10.2. The van der Waals surface area contributed by atoms with Crippen LogP contribution in [0.3, 0.4) is 0 Å². The first-order chi connectivity index (χ1) is 8.22. The summed E-state index contributed by atoms with van der Waals surface area (Å²) in [5, 5.41) is 7.04. The van der Waals surface area contributed by atoms with Crippen molar-refractivity contribution in [3.63, 3.8) is 0 Å². The first-order valence-electron chi connectivity index (χ1n) is 5.62. The Kier molecular flexibility index (Phi) is 3.23. The highest BCUT2D eigenvalue weighted by Gasteiger charge is 2.11. The fourth-order valence-electron chi connectivity index (χ4n) is 1.67. The van der Waals surface area contributed by atoms with Gasteiger partial charge in [-0.25, -0.2) is 4.68 Å². The summed E-state index contributed by atoms with van der Waals surface area (Å²) >= 11 is 0. The van der Waals surface area contributed by atoms with Crippen LogP contribution >= 0.6 is 0 Å². The van der Waals surface area contributed by atoms with Crippen LogP contribution in [-0.2, 0) is 0 Å². The summed E-state index contributed by atoms with van der Waals surface area (Å²) in [7, 11) is 0. The van der Waals surface area contributed by atoms with Crippen LogP contribution in [0.1, 0.15) is 23.1 Å². The zero-order chi connectivity index (χ0) is 12.3. The fourth-order valence-corrected chi connectivity index (χ4v) is 1.67. The molecule has 0 spiro atoms. The van der Waals surface area contributed by atoms with E-state index in [9.17, 15) is 4.79 Å². The molecule has 0 unspecified atom stereocenters. The largest absolute Gasteiger partial charge is 0.351 e. The van der Waals surface area contributed by atoms with Crippen molar-refractivity contribution in [1.29, 1.82) is 0 Å². The molecular weight excluding hydrogens is 214 g/mol. The quantitative estimate of drug-likeness (QED) is 0.874. The minimum Gasteiger partial charge on any atom is -0.351 e. The van der Waals surface area contributed by atoms with E-state index in [0.29, 0.717) is 12.2 Å². The van der Waals surface area contributed by atoms with Crippen LogP contribution in [0.25, 0.3) is 5.69 Å². The molecule has 0 saturated carbocycles. The summed E-state index contributed by atoms with van der Waals surface area (Å²) in [6.07, 6.45) is 0. The molecular formula is C13H15N3O. The summed E-state index contributed by atoms with van der Waals surface area (Å²) < 4.78 is 1.77. The van der Waals surface area contributed by atoms with Gasteiger partial charge in [-0.1, -0.05) is 18.2 Å². The molecule has 0 radical (unpaired) electrons. The van der Waals surface area contributed by atoms with Gasteiger partial charge in [0.1, 0.15) is 0 Å². The number of amides is 1. The van der Waals surface area contributed by atoms with Crippen molar-refractivity contribution in [2.45, 2.75) is 13.8 Å². The van der Waals surface area contributed by atoms with Crippen molar-refractivity contribution in [3.05, 3.63) is 47.8 Å². The number of nitrogens with zero attached hydrogens (tertiary/aromatic N) is 2. The third-order valence-corrected chi connectivity index (χ3v) is 2.46. The number of hydrogen-bond donors (Lipinski definition) is 1. The topological polar surface area (TPSA) is 46.9 Å². The number of benzene rings is 1. The summed E-state index contributed by atoms with van der Waals surface area (Å²) in [6.45, 7) is 4.43. The molecule has 0 saturated heterocycles. The number of carbonyl (C=O) groups is 1. The number of nitrogens with one attached hydrogen (secondary N) is 1. The van der Waals surface area contributed by atoms with Crippen molar-refractivity contribution in [1.82, 2.24) is 15.1 Å². The number of rotatable bonds is 3. The maximum Gasteiger partial charge on any atom is 0.271 e. The molecule has 1 N–H and O–H groups in total. The number of hydrogen-bond acceptors (Lipinski definition) is 2. The molecule has 1 aromatic heterocycles. The van der Waals surface area contributed by atoms with Crippen LogP contribution in [0.15, 0.2) is 36.4 Å². The third-order valence-electron chi connectivity index (χ3n) is 2.46. The minimum absolute atomic E-state index is 0.134. The second-order valence-corrected chi connectivity index (χ2v) is 3.78. The van der Waals surface area contributed by atoms with Gasteiger partial charge in [0.2, 0.25) is 0 Å². The van der Waals surface area contributed by atoms with Crippen molar-refractivity contribution in [2.75, 3.05) is 6.54 Å². The van der Waals surface area contributed by atoms with Crippen LogP contribution in [0.4, 0.5) is 0 Å². The second-order valence-electron chi connectivity index (χ2n) is 3.78. The molecule has 0 aliphatic carbocycles. The third kappa shape index (κ3) is 2.36. The van der Waals surface area contributed by atoms with Gasteiger partial charge >= 0.3 is 0 Å². The van der Waals surface area contributed by atoms with E-state index in [1.165, 1.54) is 0 Å². The van der Waals surface area contributed by atoms with Crippen LogP contribution in [0.2, 0.25) is 0 Å². The smallest absolute Gasteiger partial charge is 0.271 e. The van der Waals surface area contributed by atoms with E-state index in [1.807, 2.05) is 44.2 Å². The monoisotopic (exact) mass is 229 g/mol. The molecule has 2 aromatic rings. The van der Waals surface area contributed by atoms with Crippen LogP contribution in [0.5, 0.6) is 0 Å². The Balaban J connectivity index is 2.35. The zero-order valence-electron chi connectivity index (χ0n) is 9.97. The van der Waals surface area contributed by atoms with Gasteiger partial charge in [-0.3, -0.25) is 4.79 Å². The summed E-state index contributed by atoms with van der Waals surface area (Å²) in [5.74, 6) is -0.134. The van der Waals surface area contributed by atoms with E-state index < -0.39 is 0 Å². The molecule has 88 valence electrons. The standard InChI is InChI=1S/C13H15N3O/c1-3-14-13(17)12-9-10(2)16(15-12)11-7-5-4-6-8-11/h4-9H,3H2,1-2H3,(H,14,17). The Bertz CT molecular complexity index is 517. The number of aryl methyl sites for hydroxylation is 1. The predicted octanol–water partition coefficient (Wildman–Crippen LogP) is 1.93. The van der Waals surface area contributed by atoms with Gasteiger partial charge < -0.3 is 5.32 Å². The first-order valence-corrected chi connectivity index (χ1v) is 5.62. The average molecular weight is 229 g/mol.